The molecular formula is C55H39FIr4N11P-4. The van der Waals surface area contributed by atoms with Crippen LogP contribution in [0.3, 0.4) is 0 Å². The maximum Gasteiger partial charge on any atom is 0.162 e. The molecular weight excluding hydrogens is 1630 g/mol. The van der Waals surface area contributed by atoms with Gasteiger partial charge >= 0.3 is 0 Å². The normalized spacial score (nSPS) is 9.74. The number of para-hydroxylation sites is 3. The van der Waals surface area contributed by atoms with Crippen LogP contribution in [0.4, 0.5) is 10.1 Å². The molecule has 72 heavy (non-hydrogen) atoms. The predicted molar refractivity (Wildman–Crippen MR) is 263 cm³/mol. The molecule has 0 amide bonds. The molecule has 0 fully saturated rings. The fourth-order valence-electron chi connectivity index (χ4n) is 6.56. The number of nitrogens with zero attached hydrogens (tertiary/aromatic N) is 11. The van der Waals surface area contributed by atoms with Gasteiger partial charge in [0, 0.05) is 144 Å². The average Bonchev–Trinajstić information content (AvgIpc) is 4.27. The van der Waals surface area contributed by atoms with Crippen LogP contribution in [0.1, 0.15) is 11.3 Å². The molecule has 5 heterocycles. The molecule has 0 aliphatic rings. The smallest absolute Gasteiger partial charge is 0.162 e. The van der Waals surface area contributed by atoms with Gasteiger partial charge in [0.15, 0.2) is 11.5 Å². The summed E-state index contributed by atoms with van der Waals surface area (Å²) in [5.41, 5.74) is 5.85. The maximum atomic E-state index is 13.2. The van der Waals surface area contributed by atoms with E-state index in [1.165, 1.54) is 33.6 Å². The Balaban J connectivity index is 0.000000210. The van der Waals surface area contributed by atoms with Crippen LogP contribution >= 0.6 is 7.92 Å². The van der Waals surface area contributed by atoms with Gasteiger partial charge in [0.25, 0.3) is 0 Å². The molecule has 6 aromatic carbocycles. The van der Waals surface area contributed by atoms with Crippen LogP contribution < -0.4 is 16.0 Å². The van der Waals surface area contributed by atoms with Crippen LogP contribution in [-0.4, -0.2) is 43.7 Å². The first-order valence-electron chi connectivity index (χ1n) is 21.1. The summed E-state index contributed by atoms with van der Waals surface area (Å²) in [4.78, 5) is 3.43. The summed E-state index contributed by atoms with van der Waals surface area (Å²) in [5, 5.41) is 28.4. The van der Waals surface area contributed by atoms with Crippen molar-refractivity contribution < 1.29 is 84.8 Å². The molecule has 0 aliphatic carbocycles. The zero-order valence-corrected chi connectivity index (χ0v) is 48.3. The first-order valence-corrected chi connectivity index (χ1v) is 22.4. The van der Waals surface area contributed by atoms with E-state index < -0.39 is 13.7 Å². The van der Waals surface area contributed by atoms with Crippen molar-refractivity contribution in [3.8, 4) is 34.6 Å². The number of aromatic nitrogens is 9. The summed E-state index contributed by atoms with van der Waals surface area (Å²) in [5.74, 6) is 0.488. The molecule has 0 bridgehead atoms. The molecule has 0 N–H and O–H groups in total. The number of hydrogen-bond acceptors (Lipinski definition) is 5. The maximum absolute atomic E-state index is 13.2. The minimum Gasteiger partial charge on any atom is -0.307 e. The third kappa shape index (κ3) is 15.4. The Hall–Kier alpha value is -6.62. The molecule has 5 aromatic heterocycles. The number of aryl methyl sites for hydroxylation is 1. The fourth-order valence-corrected chi connectivity index (χ4v) is 8.73. The molecule has 366 valence electrons. The largest absolute Gasteiger partial charge is 0.307 e. The van der Waals surface area contributed by atoms with Crippen molar-refractivity contribution in [1.29, 1.82) is 5.26 Å². The van der Waals surface area contributed by atoms with Gasteiger partial charge < -0.3 is 4.57 Å². The van der Waals surface area contributed by atoms with E-state index in [1.807, 2.05) is 137 Å². The van der Waals surface area contributed by atoms with E-state index in [1.54, 1.807) is 29.1 Å². The van der Waals surface area contributed by atoms with Gasteiger partial charge in [-0.15, -0.1) is 24.3 Å². The first-order chi connectivity index (χ1) is 33.5. The van der Waals surface area contributed by atoms with Crippen LogP contribution in [0.2, 0.25) is 0 Å². The standard InChI is InChI=1S/C21H16N2P.C13H10N3.C11H8N3.C10H5FN3.4Ir/c1-4-10-18(11-5-1)23-17-16-21(22-23)24(19-12-6-2-7-13-19)20-14-8-3-9-15-20;1-2-6-12(7-3-1)16-11-8-13(14-16)15-9-4-5-10-15;1-9-4-5-10(8-11(9)12-2)14-7-3-6-13-14;11-9-3-1-2-4-10(9)14-6-5-8(7-12)13-14;;;;/h1-10,12-17H;1-6,8-11H;3-4,6-8H,1H3;1-3,5-6H;;;;/q4*-1;;;;. The minimum absolute atomic E-state index is 0. The zero-order valence-electron chi connectivity index (χ0n) is 37.9. The van der Waals surface area contributed by atoms with Crippen molar-refractivity contribution in [2.75, 3.05) is 0 Å². The Morgan fingerprint density at radius 1 is 0.569 bits per heavy atom. The van der Waals surface area contributed by atoms with Gasteiger partial charge in [-0.1, -0.05) is 73.3 Å². The van der Waals surface area contributed by atoms with Gasteiger partial charge in [0.2, 0.25) is 0 Å². The molecule has 4 radical (unpaired) electrons. The van der Waals surface area contributed by atoms with Gasteiger partial charge in [-0.3, -0.25) is 28.0 Å². The molecule has 0 saturated heterocycles. The van der Waals surface area contributed by atoms with Crippen molar-refractivity contribution in [1.82, 2.24) is 43.7 Å². The van der Waals surface area contributed by atoms with Gasteiger partial charge in [0.1, 0.15) is 6.07 Å². The van der Waals surface area contributed by atoms with Gasteiger partial charge in [-0.25, -0.2) is 0 Å². The second kappa shape index (κ2) is 29.7. The summed E-state index contributed by atoms with van der Waals surface area (Å²) in [6.45, 7) is 8.89. The Morgan fingerprint density at radius 2 is 1.17 bits per heavy atom. The van der Waals surface area contributed by atoms with Crippen LogP contribution in [0.25, 0.3) is 33.4 Å². The summed E-state index contributed by atoms with van der Waals surface area (Å²) >= 11 is 0. The summed E-state index contributed by atoms with van der Waals surface area (Å²) in [6.07, 6.45) is 12.9. The van der Waals surface area contributed by atoms with E-state index in [4.69, 9.17) is 16.9 Å². The number of hydrogen-bond donors (Lipinski definition) is 0. The quantitative estimate of drug-likeness (QED) is 0.111. The summed E-state index contributed by atoms with van der Waals surface area (Å²) < 4.78 is 21.9. The van der Waals surface area contributed by atoms with Crippen LogP contribution in [0.5, 0.6) is 0 Å². The van der Waals surface area contributed by atoms with E-state index >= 15 is 0 Å². The Bertz CT molecular complexity index is 3320. The van der Waals surface area contributed by atoms with Crippen LogP contribution in [-0.2, 0) is 80.4 Å². The zero-order chi connectivity index (χ0) is 46.9. The minimum atomic E-state index is -0.661. The third-order valence-electron chi connectivity index (χ3n) is 9.86. The topological polar surface area (TPSA) is 104 Å². The SMILES string of the molecule is N#Cc1ccn(-c2[c-]cccc2F)n1.[C-]#[N+]c1cc(-n2cccn2)[c-]cc1C.[Ir].[Ir].[Ir].[Ir].[c-]1ccccc1-n1ccc(-n2cccc2)n1.[c-]1ccccc1-n1ccc(P(c2ccccc2)c2ccccc2)n1. The van der Waals surface area contributed by atoms with E-state index in [2.05, 4.69) is 111 Å². The van der Waals surface area contributed by atoms with Crippen molar-refractivity contribution >= 4 is 29.7 Å². The van der Waals surface area contributed by atoms with Crippen molar-refractivity contribution in [3.05, 3.63) is 272 Å². The summed E-state index contributed by atoms with van der Waals surface area (Å²) in [6, 6.07) is 70.4. The molecule has 17 heteroatoms. The molecule has 11 rings (SSSR count). The second-order valence-corrected chi connectivity index (χ2v) is 16.6. The van der Waals surface area contributed by atoms with Gasteiger partial charge in [0.05, 0.1) is 17.7 Å². The molecule has 0 spiro atoms. The molecule has 11 nitrogen and oxygen atoms in total. The number of halogens is 1. The van der Waals surface area contributed by atoms with Crippen LogP contribution in [0, 0.1) is 54.9 Å². The predicted octanol–water partition coefficient (Wildman–Crippen LogP) is 10.1. The number of rotatable bonds is 8. The van der Waals surface area contributed by atoms with E-state index in [0.717, 1.165) is 33.9 Å². The fraction of sp³-hybridized carbons (Fsp3) is 0.0182. The van der Waals surface area contributed by atoms with E-state index in [0.29, 0.717) is 5.69 Å². The summed E-state index contributed by atoms with van der Waals surface area (Å²) in [7, 11) is -0.661. The van der Waals surface area contributed by atoms with Gasteiger partial charge in [-0.2, -0.15) is 110 Å². The first kappa shape index (κ1) is 58.0. The molecule has 0 atom stereocenters. The molecule has 0 saturated carbocycles. The van der Waals surface area contributed by atoms with Crippen molar-refractivity contribution in [2.24, 2.45) is 0 Å². The van der Waals surface area contributed by atoms with Gasteiger partial charge in [-0.05, 0) is 58.0 Å². The molecule has 11 aromatic rings. The third-order valence-corrected chi connectivity index (χ3v) is 12.2. The Labute approximate surface area is 473 Å². The van der Waals surface area contributed by atoms with E-state index in [9.17, 15) is 4.39 Å². The molecule has 0 unspecified atom stereocenters. The number of benzene rings is 6. The average molecular weight is 1670 g/mol. The monoisotopic (exact) mass is 1680 g/mol. The molecule has 0 aliphatic heterocycles. The van der Waals surface area contributed by atoms with Crippen LogP contribution in [0.15, 0.2) is 219 Å². The Morgan fingerprint density at radius 3 is 1.72 bits per heavy atom. The van der Waals surface area contributed by atoms with E-state index in [-0.39, 0.29) is 91.8 Å². The second-order valence-electron chi connectivity index (χ2n) is 14.4. The Kier molecular flexibility index (Phi) is 23.9. The van der Waals surface area contributed by atoms with Crippen molar-refractivity contribution in [2.45, 2.75) is 6.92 Å². The van der Waals surface area contributed by atoms with Crippen molar-refractivity contribution in [3.63, 3.8) is 0 Å². The number of nitriles is 1.